The number of nitrogens with zero attached hydrogens (tertiary/aromatic N) is 2. The Kier molecular flexibility index (Phi) is 4.02. The Morgan fingerprint density at radius 1 is 1.35 bits per heavy atom. The molecule has 0 aliphatic rings. The van der Waals surface area contributed by atoms with E-state index >= 15 is 0 Å². The van der Waals surface area contributed by atoms with Gasteiger partial charge in [-0.25, -0.2) is 4.98 Å². The van der Waals surface area contributed by atoms with E-state index < -0.39 is 0 Å². The van der Waals surface area contributed by atoms with Gasteiger partial charge >= 0.3 is 0 Å². The summed E-state index contributed by atoms with van der Waals surface area (Å²) in [6.07, 6.45) is 0. The zero-order valence-electron chi connectivity index (χ0n) is 12.7. The molecule has 4 heterocycles. The standard InChI is InChI=1S/C16H15IN4S2/c1-8-11(6-17)9(2)19-16-12(8)13-14(23-16)15(21-20-13)18-7-10-4-3-5-22-10/h3-5H,6-7H2,1-2H3,(H2,18,20,21). The summed E-state index contributed by atoms with van der Waals surface area (Å²) in [5.41, 5.74) is 4.89. The Balaban J connectivity index is 1.81. The third kappa shape index (κ3) is 2.54. The molecular formula is C16H15IN4S2. The summed E-state index contributed by atoms with van der Waals surface area (Å²) in [6.45, 7) is 5.09. The monoisotopic (exact) mass is 454 g/mol. The highest BCUT2D eigenvalue weighted by Crippen LogP contribution is 2.39. The molecular weight excluding hydrogens is 439 g/mol. The minimum absolute atomic E-state index is 0.802. The molecule has 0 aromatic carbocycles. The number of thiophene rings is 2. The van der Waals surface area contributed by atoms with E-state index in [4.69, 9.17) is 4.98 Å². The third-order valence-corrected chi connectivity index (χ3v) is 6.79. The molecule has 4 rings (SSSR count). The van der Waals surface area contributed by atoms with Crippen LogP contribution in [0.5, 0.6) is 0 Å². The molecule has 0 saturated carbocycles. The highest BCUT2D eigenvalue weighted by molar-refractivity contribution is 14.1. The van der Waals surface area contributed by atoms with Crippen LogP contribution >= 0.6 is 45.3 Å². The molecule has 0 atom stereocenters. The normalized spacial score (nSPS) is 11.6. The average Bonchev–Trinajstić information content (AvgIpc) is 3.21. The van der Waals surface area contributed by atoms with Crippen molar-refractivity contribution in [3.05, 3.63) is 39.2 Å². The van der Waals surface area contributed by atoms with Gasteiger partial charge in [-0.3, -0.25) is 5.10 Å². The zero-order valence-corrected chi connectivity index (χ0v) is 16.5. The highest BCUT2D eigenvalue weighted by atomic mass is 127. The highest BCUT2D eigenvalue weighted by Gasteiger charge is 2.18. The van der Waals surface area contributed by atoms with Crippen molar-refractivity contribution in [1.29, 1.82) is 0 Å². The first kappa shape index (κ1) is 15.3. The Morgan fingerprint density at radius 2 is 2.22 bits per heavy atom. The van der Waals surface area contributed by atoms with Gasteiger partial charge in [-0.15, -0.1) is 22.7 Å². The van der Waals surface area contributed by atoms with Crippen molar-refractivity contribution in [1.82, 2.24) is 15.2 Å². The molecule has 0 unspecified atom stereocenters. The predicted molar refractivity (Wildman–Crippen MR) is 108 cm³/mol. The van der Waals surface area contributed by atoms with E-state index in [1.54, 1.807) is 22.7 Å². The van der Waals surface area contributed by atoms with Crippen LogP contribution < -0.4 is 5.32 Å². The largest absolute Gasteiger partial charge is 0.363 e. The third-order valence-electron chi connectivity index (χ3n) is 4.06. The minimum Gasteiger partial charge on any atom is -0.363 e. The van der Waals surface area contributed by atoms with Gasteiger partial charge in [0, 0.05) is 20.4 Å². The number of nitrogens with one attached hydrogen (secondary N) is 2. The van der Waals surface area contributed by atoms with Gasteiger partial charge in [0.1, 0.15) is 4.83 Å². The summed E-state index contributed by atoms with van der Waals surface area (Å²) >= 11 is 5.88. The molecule has 0 amide bonds. The van der Waals surface area contributed by atoms with Crippen molar-refractivity contribution in [3.63, 3.8) is 0 Å². The average molecular weight is 454 g/mol. The van der Waals surface area contributed by atoms with Crippen LogP contribution in [0.15, 0.2) is 17.5 Å². The number of pyridine rings is 1. The van der Waals surface area contributed by atoms with Crippen LogP contribution in [0.2, 0.25) is 0 Å². The molecule has 0 saturated heterocycles. The Bertz CT molecular complexity index is 985. The second-order valence-corrected chi connectivity index (χ2v) is 8.22. The van der Waals surface area contributed by atoms with Crippen molar-refractivity contribution in [2.24, 2.45) is 0 Å². The molecule has 2 N–H and O–H groups in total. The first-order valence-corrected chi connectivity index (χ1v) is 10.5. The summed E-state index contributed by atoms with van der Waals surface area (Å²) in [4.78, 5) is 7.21. The van der Waals surface area contributed by atoms with Crippen LogP contribution in [-0.4, -0.2) is 15.2 Å². The smallest absolute Gasteiger partial charge is 0.166 e. The van der Waals surface area contributed by atoms with Crippen LogP contribution in [0.3, 0.4) is 0 Å². The van der Waals surface area contributed by atoms with Gasteiger partial charge in [-0.1, -0.05) is 28.7 Å². The van der Waals surface area contributed by atoms with Crippen LogP contribution in [-0.2, 0) is 11.0 Å². The van der Waals surface area contributed by atoms with Crippen molar-refractivity contribution >= 4 is 71.5 Å². The number of aromatic nitrogens is 3. The van der Waals surface area contributed by atoms with Gasteiger partial charge in [-0.2, -0.15) is 5.10 Å². The first-order valence-electron chi connectivity index (χ1n) is 7.28. The fourth-order valence-electron chi connectivity index (χ4n) is 2.82. The van der Waals surface area contributed by atoms with E-state index in [1.807, 2.05) is 0 Å². The van der Waals surface area contributed by atoms with Crippen LogP contribution in [0.4, 0.5) is 5.82 Å². The summed E-state index contributed by atoms with van der Waals surface area (Å²) in [5.74, 6) is 0.921. The zero-order chi connectivity index (χ0) is 16.0. The number of fused-ring (bicyclic) bond motifs is 3. The summed E-state index contributed by atoms with van der Waals surface area (Å²) in [7, 11) is 0. The molecule has 0 radical (unpaired) electrons. The Morgan fingerprint density at radius 3 is 2.96 bits per heavy atom. The Hall–Kier alpha value is -1.19. The predicted octanol–water partition coefficient (Wildman–Crippen LogP) is 5.40. The van der Waals surface area contributed by atoms with Gasteiger partial charge in [-0.05, 0) is 36.4 Å². The lowest BCUT2D eigenvalue weighted by atomic mass is 10.1. The number of hydrogen-bond donors (Lipinski definition) is 2. The van der Waals surface area contributed by atoms with Crippen LogP contribution in [0, 0.1) is 13.8 Å². The summed E-state index contributed by atoms with van der Waals surface area (Å²) in [6, 6.07) is 4.21. The molecule has 118 valence electrons. The second kappa shape index (κ2) is 6.03. The lowest BCUT2D eigenvalue weighted by molar-refractivity contribution is 1.08. The number of anilines is 1. The van der Waals surface area contributed by atoms with E-state index in [9.17, 15) is 0 Å². The van der Waals surface area contributed by atoms with E-state index in [0.29, 0.717) is 0 Å². The second-order valence-electron chi connectivity index (χ2n) is 5.43. The lowest BCUT2D eigenvalue weighted by Gasteiger charge is -2.06. The topological polar surface area (TPSA) is 53.6 Å². The summed E-state index contributed by atoms with van der Waals surface area (Å²) in [5, 5.41) is 14.4. The minimum atomic E-state index is 0.802. The van der Waals surface area contributed by atoms with Gasteiger partial charge in [0.15, 0.2) is 5.82 Å². The van der Waals surface area contributed by atoms with E-state index in [0.717, 1.165) is 37.5 Å². The molecule has 4 aromatic rings. The molecule has 23 heavy (non-hydrogen) atoms. The van der Waals surface area contributed by atoms with Crippen molar-refractivity contribution in [2.45, 2.75) is 24.8 Å². The van der Waals surface area contributed by atoms with Gasteiger partial charge in [0.05, 0.1) is 16.8 Å². The van der Waals surface area contributed by atoms with Crippen molar-refractivity contribution < 1.29 is 0 Å². The van der Waals surface area contributed by atoms with Gasteiger partial charge in [0.2, 0.25) is 0 Å². The van der Waals surface area contributed by atoms with E-state index in [1.165, 1.54) is 21.4 Å². The summed E-state index contributed by atoms with van der Waals surface area (Å²) < 4.78 is 2.14. The number of alkyl halides is 1. The van der Waals surface area contributed by atoms with Crippen molar-refractivity contribution in [3.8, 4) is 0 Å². The van der Waals surface area contributed by atoms with Crippen molar-refractivity contribution in [2.75, 3.05) is 5.32 Å². The maximum Gasteiger partial charge on any atom is 0.166 e. The lowest BCUT2D eigenvalue weighted by Crippen LogP contribution is -1.97. The number of aryl methyl sites for hydroxylation is 2. The maximum absolute atomic E-state index is 4.81. The van der Waals surface area contributed by atoms with E-state index in [-0.39, 0.29) is 0 Å². The Labute approximate surface area is 155 Å². The molecule has 0 aliphatic carbocycles. The maximum atomic E-state index is 4.81. The molecule has 0 bridgehead atoms. The molecule has 0 fully saturated rings. The SMILES string of the molecule is Cc1nc2sc3c(NCc4cccs4)n[nH]c3c2c(C)c1CI. The van der Waals surface area contributed by atoms with E-state index in [2.05, 4.69) is 69.5 Å². The number of halogens is 1. The van der Waals surface area contributed by atoms with Crippen LogP contribution in [0.1, 0.15) is 21.7 Å². The molecule has 0 spiro atoms. The number of rotatable bonds is 4. The molecule has 4 nitrogen and oxygen atoms in total. The quantitative estimate of drug-likeness (QED) is 0.321. The first-order chi connectivity index (χ1) is 11.2. The fraction of sp³-hybridized carbons (Fsp3) is 0.250. The van der Waals surface area contributed by atoms with Crippen LogP contribution in [0.25, 0.3) is 20.4 Å². The van der Waals surface area contributed by atoms with Gasteiger partial charge in [0.25, 0.3) is 0 Å². The number of hydrogen-bond acceptors (Lipinski definition) is 5. The fourth-order valence-corrected chi connectivity index (χ4v) is 5.79. The molecule has 0 aliphatic heterocycles. The molecule has 4 aromatic heterocycles. The van der Waals surface area contributed by atoms with Gasteiger partial charge < -0.3 is 5.32 Å². The number of aromatic amines is 1. The molecule has 7 heteroatoms. The number of H-pyrrole nitrogens is 1.